The summed E-state index contributed by atoms with van der Waals surface area (Å²) in [6.07, 6.45) is 8.03. The number of hydrogen-bond acceptors (Lipinski definition) is 11. The molecule has 0 aromatic heterocycles. The van der Waals surface area contributed by atoms with E-state index in [1.165, 1.54) is 22.3 Å². The maximum absolute atomic E-state index is 10.5. The largest absolute Gasteiger partial charge is 0.508 e. The van der Waals surface area contributed by atoms with Gasteiger partial charge in [-0.3, -0.25) is 0 Å². The molecule has 0 heterocycles. The van der Waals surface area contributed by atoms with Crippen molar-refractivity contribution in [3.63, 3.8) is 0 Å². The van der Waals surface area contributed by atoms with Crippen molar-refractivity contribution < 1.29 is 54.5 Å². The van der Waals surface area contributed by atoms with Crippen molar-refractivity contribution in [2.45, 2.75) is 209 Å². The molecule has 0 fully saturated rings. The monoisotopic (exact) mass is 1030 g/mol. The van der Waals surface area contributed by atoms with Crippen molar-refractivity contribution >= 4 is 17.2 Å². The highest BCUT2D eigenvalue weighted by molar-refractivity contribution is 7.53. The van der Waals surface area contributed by atoms with E-state index >= 15 is 0 Å². The van der Waals surface area contributed by atoms with Crippen molar-refractivity contribution in [3.8, 4) is 23.0 Å². The average Bonchev–Trinajstić information content (AvgIpc) is 3.20. The van der Waals surface area contributed by atoms with Crippen LogP contribution in [0.25, 0.3) is 0 Å². The average molecular weight is 1030 g/mol. The highest BCUT2D eigenvalue weighted by atomic mass is 31.2. The van der Waals surface area contributed by atoms with Gasteiger partial charge in [0, 0.05) is 25.0 Å². The van der Waals surface area contributed by atoms with Gasteiger partial charge >= 0.3 is 17.2 Å². The highest BCUT2D eigenvalue weighted by Gasteiger charge is 2.29. The van der Waals surface area contributed by atoms with E-state index < -0.39 is 17.2 Å². The van der Waals surface area contributed by atoms with Crippen LogP contribution in [0.3, 0.4) is 0 Å². The van der Waals surface area contributed by atoms with Crippen LogP contribution in [0, 0.1) is 27.7 Å². The summed E-state index contributed by atoms with van der Waals surface area (Å²) in [6.45, 7) is 39.0. The molecular weight excluding hydrogens is 935 g/mol. The second-order valence-corrected chi connectivity index (χ2v) is 24.7. The number of aliphatic hydroxyl groups is 2. The molecule has 4 aromatic carbocycles. The van der Waals surface area contributed by atoms with Crippen LogP contribution in [-0.2, 0) is 26.0 Å². The number of hydrogen-bond donors (Lipinski definition) is 10. The molecule has 0 aliphatic heterocycles. The smallest absolute Gasteiger partial charge is 0.334 e. The van der Waals surface area contributed by atoms with Crippen LogP contribution >= 0.6 is 17.2 Å². The normalized spacial score (nSPS) is 12.2. The van der Waals surface area contributed by atoms with Crippen LogP contribution in [0.4, 0.5) is 0 Å². The van der Waals surface area contributed by atoms with E-state index in [1.807, 2.05) is 24.3 Å². The summed E-state index contributed by atoms with van der Waals surface area (Å²) >= 11 is 0. The Morgan fingerprint density at radius 1 is 0.394 bits per heavy atom. The Morgan fingerprint density at radius 2 is 0.606 bits per heavy atom. The molecule has 0 saturated carbocycles. The lowest BCUT2D eigenvalue weighted by Crippen LogP contribution is -2.16. The molecule has 0 bridgehead atoms. The summed E-state index contributed by atoms with van der Waals surface area (Å²) in [5.74, 6) is 1.99. The Hall–Kier alpha value is -3.34. The Bertz CT molecular complexity index is 1950. The number of aryl methyl sites for hydroxylation is 4. The second kappa shape index (κ2) is 28.9. The molecule has 0 amide bonds. The molecule has 0 unspecified atom stereocenters. The first-order valence-electron chi connectivity index (χ1n) is 25.2. The summed E-state index contributed by atoms with van der Waals surface area (Å²) in [7, 11) is -5.22. The van der Waals surface area contributed by atoms with Gasteiger partial charge in [0.05, 0.1) is 0 Å². The summed E-state index contributed by atoms with van der Waals surface area (Å²) in [5.41, 5.74) is 13.0. The highest BCUT2D eigenvalue weighted by Crippen LogP contribution is 2.45. The number of phenolic OH excluding ortho intramolecular Hbond substituents is 4. The van der Waals surface area contributed by atoms with E-state index in [1.54, 1.807) is 0 Å². The van der Waals surface area contributed by atoms with E-state index in [0.29, 0.717) is 23.0 Å². The number of unbranched alkanes of at least 4 members (excludes halogenated alkanes) is 3. The quantitative estimate of drug-likeness (QED) is 0.0400. The Balaban J connectivity index is 0.000000552. The number of benzene rings is 4. The van der Waals surface area contributed by atoms with Gasteiger partial charge in [-0.2, -0.15) is 0 Å². The first-order valence-corrected chi connectivity index (χ1v) is 27.5. The molecule has 0 spiro atoms. The van der Waals surface area contributed by atoms with Crippen LogP contribution in [0.1, 0.15) is 227 Å². The van der Waals surface area contributed by atoms with Gasteiger partial charge in [-0.15, -0.1) is 0 Å². The van der Waals surface area contributed by atoms with Crippen LogP contribution < -0.4 is 0 Å². The molecule has 11 nitrogen and oxygen atoms in total. The maximum atomic E-state index is 10.5. The zero-order valence-electron chi connectivity index (χ0n) is 46.6. The standard InChI is InChI=1S/2C26H38O2.C6H14O2.H4O5P2/c2*1-10-11-18(19-14-21(25(4,5)6)23(27)12-16(19)2)20-15-22(26(7,8)9)24(28)13-17(20)3;7-5-3-1-2-4-6-8;1-6(2)5-7(3)4/h2*12-15,18,27-28H,10-11H2,1-9H3;7-8H,1-6H2;1-4H. The third-order valence-corrected chi connectivity index (χ3v) is 13.8. The van der Waals surface area contributed by atoms with Crippen molar-refractivity contribution in [1.29, 1.82) is 0 Å². The molecule has 4 aromatic rings. The van der Waals surface area contributed by atoms with Crippen molar-refractivity contribution in [3.05, 3.63) is 115 Å². The zero-order chi connectivity index (χ0) is 55.0. The predicted molar refractivity (Wildman–Crippen MR) is 296 cm³/mol. The van der Waals surface area contributed by atoms with E-state index in [-0.39, 0.29) is 46.7 Å². The number of phenols is 4. The van der Waals surface area contributed by atoms with Crippen molar-refractivity contribution in [1.82, 2.24) is 0 Å². The molecule has 0 aliphatic carbocycles. The molecule has 0 radical (unpaired) electrons. The molecular formula is C58H94O11P2. The van der Waals surface area contributed by atoms with Crippen LogP contribution in [-0.4, -0.2) is 63.4 Å². The van der Waals surface area contributed by atoms with Crippen LogP contribution in [0.5, 0.6) is 23.0 Å². The minimum absolute atomic E-state index is 0.121. The lowest BCUT2D eigenvalue weighted by Gasteiger charge is -2.29. The molecule has 0 aliphatic rings. The summed E-state index contributed by atoms with van der Waals surface area (Å²) < 4.78 is 3.60. The fraction of sp³-hybridized carbons (Fsp3) is 0.586. The van der Waals surface area contributed by atoms with E-state index in [4.69, 9.17) is 29.8 Å². The summed E-state index contributed by atoms with van der Waals surface area (Å²) in [5, 5.41) is 58.8. The van der Waals surface area contributed by atoms with Gasteiger partial charge < -0.3 is 50.2 Å². The molecule has 10 N–H and O–H groups in total. The molecule has 0 atom stereocenters. The van der Waals surface area contributed by atoms with Gasteiger partial charge in [0.2, 0.25) is 0 Å². The maximum Gasteiger partial charge on any atom is 0.334 e. The topological polar surface area (TPSA) is 212 Å². The van der Waals surface area contributed by atoms with Crippen LogP contribution in [0.2, 0.25) is 0 Å². The third kappa shape index (κ3) is 20.8. The van der Waals surface area contributed by atoms with Gasteiger partial charge in [0.1, 0.15) is 23.0 Å². The van der Waals surface area contributed by atoms with Crippen LogP contribution in [0.15, 0.2) is 48.5 Å². The van der Waals surface area contributed by atoms with Crippen molar-refractivity contribution in [2.24, 2.45) is 0 Å². The number of aromatic hydroxyl groups is 4. The lowest BCUT2D eigenvalue weighted by atomic mass is 9.76. The summed E-state index contributed by atoms with van der Waals surface area (Å²) in [4.78, 5) is 31.3. The second-order valence-electron chi connectivity index (χ2n) is 23.0. The van der Waals surface area contributed by atoms with E-state index in [0.717, 1.165) is 95.9 Å². The number of aliphatic hydroxyl groups excluding tert-OH is 2. The van der Waals surface area contributed by atoms with Gasteiger partial charge in [-0.05, 0) is 166 Å². The first kappa shape index (κ1) is 65.7. The predicted octanol–water partition coefficient (Wildman–Crippen LogP) is 14.4. The van der Waals surface area contributed by atoms with Crippen molar-refractivity contribution in [2.75, 3.05) is 13.2 Å². The Morgan fingerprint density at radius 3 is 0.746 bits per heavy atom. The van der Waals surface area contributed by atoms with E-state index in [9.17, 15) is 20.4 Å². The fourth-order valence-corrected chi connectivity index (χ4v) is 9.44. The zero-order valence-corrected chi connectivity index (χ0v) is 48.4. The third-order valence-electron chi connectivity index (χ3n) is 12.6. The lowest BCUT2D eigenvalue weighted by molar-refractivity contribution is 0.265. The van der Waals surface area contributed by atoms with E-state index in [2.05, 4.69) is 153 Å². The van der Waals surface area contributed by atoms with Gasteiger partial charge in [-0.25, -0.2) is 4.31 Å². The fourth-order valence-electron chi connectivity index (χ4n) is 8.92. The van der Waals surface area contributed by atoms with Gasteiger partial charge in [0.25, 0.3) is 0 Å². The minimum atomic E-state index is -2.61. The summed E-state index contributed by atoms with van der Waals surface area (Å²) in [6, 6.07) is 16.5. The molecule has 0 saturated heterocycles. The first-order chi connectivity index (χ1) is 32.6. The van der Waals surface area contributed by atoms with Gasteiger partial charge in [0.15, 0.2) is 0 Å². The van der Waals surface area contributed by atoms with Gasteiger partial charge in [-0.1, -0.05) is 147 Å². The molecule has 4 rings (SSSR count). The Kier molecular flexibility index (Phi) is 26.8. The SMILES string of the molecule is CCCC(c1cc(C(C)(C)C)c(O)cc1C)c1cc(C(C)(C)C)c(O)cc1C.CCCC(c1cc(C(C)(C)C)c(O)cc1C)c1cc(C(C)(C)C)c(O)cc1C.OCCCCCCO.OP(O)OP(O)O. The minimum Gasteiger partial charge on any atom is -0.508 e. The number of rotatable bonds is 15. The Labute approximate surface area is 431 Å². The molecule has 13 heteroatoms. The molecule has 71 heavy (non-hydrogen) atoms. The molecule has 402 valence electrons.